The van der Waals surface area contributed by atoms with E-state index in [0.717, 1.165) is 26.8 Å². The van der Waals surface area contributed by atoms with E-state index in [2.05, 4.69) is 25.9 Å². The Labute approximate surface area is 120 Å². The highest BCUT2D eigenvalue weighted by Gasteiger charge is 1.97. The summed E-state index contributed by atoms with van der Waals surface area (Å²) in [7, 11) is 0. The van der Waals surface area contributed by atoms with Gasteiger partial charge in [-0.3, -0.25) is 0 Å². The fourth-order valence-electron chi connectivity index (χ4n) is 1.84. The third-order valence-corrected chi connectivity index (χ3v) is 3.55. The highest BCUT2D eigenvalue weighted by molar-refractivity contribution is 9.10. The van der Waals surface area contributed by atoms with E-state index in [1.54, 1.807) is 0 Å². The Bertz CT molecular complexity index is 750. The first-order valence-corrected chi connectivity index (χ1v) is 6.77. The Morgan fingerprint density at radius 1 is 0.895 bits per heavy atom. The molecule has 0 saturated carbocycles. The van der Waals surface area contributed by atoms with Gasteiger partial charge in [0.2, 0.25) is 0 Å². The average Bonchev–Trinajstić information content (AvgIpc) is 2.46. The number of benzene rings is 2. The third-order valence-electron chi connectivity index (χ3n) is 2.82. The van der Waals surface area contributed by atoms with Crippen LogP contribution in [0.25, 0.3) is 23.1 Å². The molecule has 2 aromatic carbocycles. The maximum absolute atomic E-state index is 4.51. The quantitative estimate of drug-likeness (QED) is 0.693. The maximum Gasteiger partial charge on any atom is 0.152 e. The molecule has 0 saturated heterocycles. The van der Waals surface area contributed by atoms with E-state index >= 15 is 0 Å². The van der Waals surface area contributed by atoms with Gasteiger partial charge >= 0.3 is 0 Å². The summed E-state index contributed by atoms with van der Waals surface area (Å²) in [6, 6.07) is 16.0. The zero-order valence-corrected chi connectivity index (χ0v) is 11.7. The largest absolute Gasteiger partial charge is 0.236 e. The normalized spacial score (nSPS) is 11.2. The zero-order chi connectivity index (χ0) is 13.1. The number of hydrogen-bond donors (Lipinski definition) is 0. The Hall–Kier alpha value is -2.00. The second-order valence-electron chi connectivity index (χ2n) is 4.14. The van der Waals surface area contributed by atoms with Gasteiger partial charge in [0, 0.05) is 16.1 Å². The molecule has 3 heteroatoms. The molecule has 19 heavy (non-hydrogen) atoms. The molecule has 0 aliphatic heterocycles. The summed E-state index contributed by atoms with van der Waals surface area (Å²) in [4.78, 5) is 8.85. The molecule has 0 bridgehead atoms. The summed E-state index contributed by atoms with van der Waals surface area (Å²) in [5, 5.41) is 1.06. The Kier molecular flexibility index (Phi) is 3.38. The highest BCUT2D eigenvalue weighted by atomic mass is 79.9. The molecule has 0 aliphatic carbocycles. The van der Waals surface area contributed by atoms with Crippen LogP contribution in [0.15, 0.2) is 59.2 Å². The SMILES string of the molecule is Brc1ccccc1C=Cc1ncc2ccccc2n1. The van der Waals surface area contributed by atoms with E-state index < -0.39 is 0 Å². The molecule has 1 aromatic heterocycles. The smallest absolute Gasteiger partial charge is 0.152 e. The van der Waals surface area contributed by atoms with Gasteiger partial charge in [-0.1, -0.05) is 58.4 Å². The van der Waals surface area contributed by atoms with Gasteiger partial charge in [0.25, 0.3) is 0 Å². The summed E-state index contributed by atoms with van der Waals surface area (Å²) in [6.07, 6.45) is 5.78. The van der Waals surface area contributed by atoms with Crippen LogP contribution in [0, 0.1) is 0 Å². The van der Waals surface area contributed by atoms with Crippen molar-refractivity contribution in [1.82, 2.24) is 9.97 Å². The third kappa shape index (κ3) is 2.71. The molecule has 0 aliphatic rings. The molecular weight excluding hydrogens is 300 g/mol. The minimum absolute atomic E-state index is 0.717. The van der Waals surface area contributed by atoms with Gasteiger partial charge < -0.3 is 0 Å². The first-order chi connectivity index (χ1) is 9.33. The molecule has 92 valence electrons. The van der Waals surface area contributed by atoms with E-state index in [1.807, 2.05) is 66.9 Å². The first-order valence-electron chi connectivity index (χ1n) is 5.97. The fraction of sp³-hybridized carbons (Fsp3) is 0. The predicted octanol–water partition coefficient (Wildman–Crippen LogP) is 4.56. The van der Waals surface area contributed by atoms with E-state index in [0.29, 0.717) is 0 Å². The van der Waals surface area contributed by atoms with E-state index in [-0.39, 0.29) is 0 Å². The topological polar surface area (TPSA) is 25.8 Å². The van der Waals surface area contributed by atoms with Gasteiger partial charge in [0.1, 0.15) is 0 Å². The molecule has 3 aromatic rings. The number of halogens is 1. The lowest BCUT2D eigenvalue weighted by molar-refractivity contribution is 1.19. The lowest BCUT2D eigenvalue weighted by Gasteiger charge is -1.99. The van der Waals surface area contributed by atoms with Crippen LogP contribution in [0.5, 0.6) is 0 Å². The Morgan fingerprint density at radius 3 is 2.58 bits per heavy atom. The first kappa shape index (κ1) is 12.1. The number of rotatable bonds is 2. The van der Waals surface area contributed by atoms with Gasteiger partial charge in [0.15, 0.2) is 5.82 Å². The summed E-state index contributed by atoms with van der Waals surface area (Å²) >= 11 is 3.52. The van der Waals surface area contributed by atoms with E-state index in [9.17, 15) is 0 Å². The molecule has 3 rings (SSSR count). The lowest BCUT2D eigenvalue weighted by atomic mass is 10.2. The Morgan fingerprint density at radius 2 is 1.68 bits per heavy atom. The van der Waals surface area contributed by atoms with Gasteiger partial charge in [-0.05, 0) is 23.8 Å². The number of para-hydroxylation sites is 1. The van der Waals surface area contributed by atoms with Crippen LogP contribution in [-0.4, -0.2) is 9.97 Å². The minimum atomic E-state index is 0.717. The van der Waals surface area contributed by atoms with Crippen molar-refractivity contribution in [3.63, 3.8) is 0 Å². The standard InChI is InChI=1S/C16H11BrN2/c17-14-7-3-1-5-12(14)9-10-16-18-11-13-6-2-4-8-15(13)19-16/h1-11H. The van der Waals surface area contributed by atoms with Crippen LogP contribution in [0.3, 0.4) is 0 Å². The van der Waals surface area contributed by atoms with Crippen LogP contribution in [-0.2, 0) is 0 Å². The molecule has 0 amide bonds. The van der Waals surface area contributed by atoms with E-state index in [1.165, 1.54) is 0 Å². The van der Waals surface area contributed by atoms with Crippen LogP contribution < -0.4 is 0 Å². The van der Waals surface area contributed by atoms with Crippen molar-refractivity contribution < 1.29 is 0 Å². The van der Waals surface area contributed by atoms with Gasteiger partial charge in [0.05, 0.1) is 5.52 Å². The minimum Gasteiger partial charge on any atom is -0.236 e. The molecule has 1 heterocycles. The second-order valence-corrected chi connectivity index (χ2v) is 5.00. The highest BCUT2D eigenvalue weighted by Crippen LogP contribution is 2.18. The van der Waals surface area contributed by atoms with Gasteiger partial charge in [-0.25, -0.2) is 9.97 Å². The molecule has 0 fully saturated rings. The molecule has 0 unspecified atom stereocenters. The monoisotopic (exact) mass is 310 g/mol. The van der Waals surface area contributed by atoms with Crippen molar-refractivity contribution in [1.29, 1.82) is 0 Å². The van der Waals surface area contributed by atoms with E-state index in [4.69, 9.17) is 0 Å². The summed E-state index contributed by atoms with van der Waals surface area (Å²) in [5.74, 6) is 0.717. The molecule has 0 atom stereocenters. The maximum atomic E-state index is 4.51. The van der Waals surface area contributed by atoms with Crippen LogP contribution >= 0.6 is 15.9 Å². The zero-order valence-electron chi connectivity index (χ0n) is 10.1. The Balaban J connectivity index is 1.95. The molecular formula is C16H11BrN2. The van der Waals surface area contributed by atoms with Crippen LogP contribution in [0.1, 0.15) is 11.4 Å². The van der Waals surface area contributed by atoms with Crippen LogP contribution in [0.4, 0.5) is 0 Å². The van der Waals surface area contributed by atoms with Crippen LogP contribution in [0.2, 0.25) is 0 Å². The van der Waals surface area contributed by atoms with Crippen molar-refractivity contribution in [2.45, 2.75) is 0 Å². The summed E-state index contributed by atoms with van der Waals surface area (Å²) in [6.45, 7) is 0. The summed E-state index contributed by atoms with van der Waals surface area (Å²) < 4.78 is 1.06. The average molecular weight is 311 g/mol. The van der Waals surface area contributed by atoms with Crippen molar-refractivity contribution in [2.75, 3.05) is 0 Å². The van der Waals surface area contributed by atoms with Crippen molar-refractivity contribution in [3.8, 4) is 0 Å². The lowest BCUT2D eigenvalue weighted by Crippen LogP contribution is -1.87. The molecule has 0 spiro atoms. The molecule has 0 radical (unpaired) electrons. The van der Waals surface area contributed by atoms with Gasteiger partial charge in [-0.15, -0.1) is 0 Å². The fourth-order valence-corrected chi connectivity index (χ4v) is 2.26. The van der Waals surface area contributed by atoms with Crippen molar-refractivity contribution in [2.24, 2.45) is 0 Å². The molecule has 2 nitrogen and oxygen atoms in total. The number of aromatic nitrogens is 2. The second kappa shape index (κ2) is 5.33. The summed E-state index contributed by atoms with van der Waals surface area (Å²) in [5.41, 5.74) is 2.07. The van der Waals surface area contributed by atoms with Crippen molar-refractivity contribution in [3.05, 3.63) is 70.6 Å². The van der Waals surface area contributed by atoms with Crippen molar-refractivity contribution >= 4 is 39.0 Å². The number of fused-ring (bicyclic) bond motifs is 1. The number of nitrogens with zero attached hydrogens (tertiary/aromatic N) is 2. The molecule has 0 N–H and O–H groups in total. The van der Waals surface area contributed by atoms with Gasteiger partial charge in [-0.2, -0.15) is 0 Å². The number of hydrogen-bond acceptors (Lipinski definition) is 2. The predicted molar refractivity (Wildman–Crippen MR) is 82.6 cm³/mol.